The molecule has 1 aliphatic heterocycles. The molecule has 1 aromatic carbocycles. The minimum Gasteiger partial charge on any atom is -0.504 e. The third-order valence-corrected chi connectivity index (χ3v) is 6.06. The van der Waals surface area contributed by atoms with Gasteiger partial charge in [0.2, 0.25) is 0 Å². The molecule has 2 aromatic rings. The fourth-order valence-electron chi connectivity index (χ4n) is 3.49. The first-order valence-corrected chi connectivity index (χ1v) is 12.7. The molecular formula is C24H38N6O2S. The van der Waals surface area contributed by atoms with E-state index in [2.05, 4.69) is 30.9 Å². The predicted octanol–water partition coefficient (Wildman–Crippen LogP) is 4.35. The maximum Gasteiger partial charge on any atom is 0.281 e. The molecule has 1 saturated heterocycles. The van der Waals surface area contributed by atoms with Crippen molar-refractivity contribution in [3.63, 3.8) is 0 Å². The fraction of sp³-hybridized carbons (Fsp3) is 0.542. The molecule has 3 rings (SSSR count). The van der Waals surface area contributed by atoms with Gasteiger partial charge in [-0.3, -0.25) is 4.79 Å². The van der Waals surface area contributed by atoms with Gasteiger partial charge in [-0.15, -0.1) is 16.9 Å². The Hall–Kier alpha value is -2.68. The lowest BCUT2D eigenvalue weighted by molar-refractivity contribution is 0.334. The van der Waals surface area contributed by atoms with E-state index in [1.807, 2.05) is 25.0 Å². The molecular weight excluding hydrogens is 436 g/mol. The first-order valence-electron chi connectivity index (χ1n) is 11.5. The fourth-order valence-corrected chi connectivity index (χ4v) is 4.06. The Balaban J connectivity index is 0.00000187. The van der Waals surface area contributed by atoms with Gasteiger partial charge in [0.15, 0.2) is 11.6 Å². The number of aromatic nitrogens is 2. The van der Waals surface area contributed by atoms with Crippen LogP contribution in [0.1, 0.15) is 59.4 Å². The number of aliphatic imine (C=N–C) groups is 1. The summed E-state index contributed by atoms with van der Waals surface area (Å²) in [6.07, 6.45) is 4.71. The maximum atomic E-state index is 13.2. The Morgan fingerprint density at radius 3 is 2.45 bits per heavy atom. The molecule has 0 unspecified atom stereocenters. The molecule has 33 heavy (non-hydrogen) atoms. The molecule has 0 radical (unpaired) electrons. The van der Waals surface area contributed by atoms with Gasteiger partial charge in [0.25, 0.3) is 5.56 Å². The number of nitrogens with zero attached hydrogens (tertiary/aromatic N) is 4. The number of nitrogens with two attached hydrogens (primary N) is 2. The van der Waals surface area contributed by atoms with Crippen LogP contribution in [0.4, 0.5) is 17.2 Å². The van der Waals surface area contributed by atoms with Crippen LogP contribution in [0.3, 0.4) is 0 Å². The van der Waals surface area contributed by atoms with E-state index in [0.717, 1.165) is 37.2 Å². The molecule has 0 saturated carbocycles. The monoisotopic (exact) mass is 474 g/mol. The van der Waals surface area contributed by atoms with Gasteiger partial charge in [-0.25, -0.2) is 9.67 Å². The molecule has 1 aliphatic rings. The SMILES string of the molecule is CC.CSc1cc(N)ccc1N=C(N)c1c(O)c(N2CCCC2)nn(CCC(C)(C)C)c1=O. The van der Waals surface area contributed by atoms with Crippen LogP contribution in [0.2, 0.25) is 0 Å². The zero-order valence-corrected chi connectivity index (χ0v) is 21.5. The van der Waals surface area contributed by atoms with Crippen molar-refractivity contribution in [2.45, 2.75) is 65.3 Å². The van der Waals surface area contributed by atoms with Gasteiger partial charge in [-0.2, -0.15) is 0 Å². The first-order chi connectivity index (χ1) is 15.6. The van der Waals surface area contributed by atoms with Crippen molar-refractivity contribution >= 4 is 34.8 Å². The molecule has 0 spiro atoms. The minimum absolute atomic E-state index is 0.00492. The predicted molar refractivity (Wildman–Crippen MR) is 140 cm³/mol. The zero-order valence-electron chi connectivity index (χ0n) is 20.7. The second kappa shape index (κ2) is 11.4. The Morgan fingerprint density at radius 1 is 1.24 bits per heavy atom. The van der Waals surface area contributed by atoms with Crippen molar-refractivity contribution in [3.8, 4) is 5.75 Å². The average Bonchev–Trinajstić information content (AvgIpc) is 3.30. The number of amidine groups is 1. The van der Waals surface area contributed by atoms with Crippen molar-refractivity contribution in [2.75, 3.05) is 30.0 Å². The lowest BCUT2D eigenvalue weighted by atomic mass is 9.92. The lowest BCUT2D eigenvalue weighted by Crippen LogP contribution is -2.35. The largest absolute Gasteiger partial charge is 0.504 e. The number of aromatic hydroxyl groups is 1. The second-order valence-corrected chi connectivity index (χ2v) is 9.86. The molecule has 8 nitrogen and oxygen atoms in total. The highest BCUT2D eigenvalue weighted by molar-refractivity contribution is 7.98. The van der Waals surface area contributed by atoms with E-state index >= 15 is 0 Å². The Bertz CT molecular complexity index is 1040. The van der Waals surface area contributed by atoms with Crippen molar-refractivity contribution in [1.82, 2.24) is 9.78 Å². The topological polar surface area (TPSA) is 123 Å². The number of aryl methyl sites for hydroxylation is 1. The molecule has 9 heteroatoms. The van der Waals surface area contributed by atoms with Crippen LogP contribution in [0.25, 0.3) is 0 Å². The Morgan fingerprint density at radius 2 is 1.88 bits per heavy atom. The maximum absolute atomic E-state index is 13.2. The number of nitrogen functional groups attached to an aromatic ring is 1. The minimum atomic E-state index is -0.438. The molecule has 1 aromatic heterocycles. The summed E-state index contributed by atoms with van der Waals surface area (Å²) in [4.78, 5) is 20.6. The summed E-state index contributed by atoms with van der Waals surface area (Å²) >= 11 is 1.48. The van der Waals surface area contributed by atoms with Crippen molar-refractivity contribution in [3.05, 3.63) is 34.1 Å². The van der Waals surface area contributed by atoms with E-state index in [-0.39, 0.29) is 22.6 Å². The summed E-state index contributed by atoms with van der Waals surface area (Å²) in [6, 6.07) is 5.29. The van der Waals surface area contributed by atoms with E-state index in [4.69, 9.17) is 11.5 Å². The third kappa shape index (κ3) is 6.66. The van der Waals surface area contributed by atoms with Crippen molar-refractivity contribution < 1.29 is 5.11 Å². The van der Waals surface area contributed by atoms with Gasteiger partial charge >= 0.3 is 0 Å². The molecule has 0 bridgehead atoms. The first kappa shape index (κ1) is 26.6. The average molecular weight is 475 g/mol. The highest BCUT2D eigenvalue weighted by atomic mass is 32.2. The van der Waals surface area contributed by atoms with Crippen LogP contribution in [0.15, 0.2) is 32.9 Å². The molecule has 0 amide bonds. The van der Waals surface area contributed by atoms with E-state index < -0.39 is 5.56 Å². The highest BCUT2D eigenvalue weighted by Gasteiger charge is 2.26. The Labute approximate surface area is 201 Å². The summed E-state index contributed by atoms with van der Waals surface area (Å²) in [5, 5.41) is 15.5. The number of thioether (sulfide) groups is 1. The molecule has 182 valence electrons. The van der Waals surface area contributed by atoms with E-state index in [1.165, 1.54) is 16.4 Å². The van der Waals surface area contributed by atoms with Crippen LogP contribution in [-0.2, 0) is 6.54 Å². The summed E-state index contributed by atoms with van der Waals surface area (Å²) < 4.78 is 1.41. The smallest absolute Gasteiger partial charge is 0.281 e. The van der Waals surface area contributed by atoms with Crippen LogP contribution in [-0.4, -0.2) is 40.1 Å². The van der Waals surface area contributed by atoms with Gasteiger partial charge < -0.3 is 21.5 Å². The standard InChI is InChI=1S/C22H32N6O2S.C2H6/c1-22(2,3)9-12-28-21(30)17(18(29)20(26-28)27-10-5-6-11-27)19(24)25-15-8-7-14(23)13-16(15)31-4;1-2/h7-8,13,29H,5-6,9-12,23H2,1-4H3,(H2,24,25);1-2H3. The van der Waals surface area contributed by atoms with E-state index in [9.17, 15) is 9.90 Å². The Kier molecular flexibility index (Phi) is 9.22. The number of anilines is 2. The van der Waals surface area contributed by atoms with Gasteiger partial charge in [0.1, 0.15) is 11.4 Å². The summed E-state index contributed by atoms with van der Waals surface area (Å²) in [5.74, 6) is 0.151. The molecule has 2 heterocycles. The van der Waals surface area contributed by atoms with Crippen LogP contribution < -0.4 is 21.9 Å². The number of hydrogen-bond donors (Lipinski definition) is 3. The second-order valence-electron chi connectivity index (χ2n) is 9.01. The highest BCUT2D eigenvalue weighted by Crippen LogP contribution is 2.32. The van der Waals surface area contributed by atoms with Crippen LogP contribution >= 0.6 is 11.8 Å². The lowest BCUT2D eigenvalue weighted by Gasteiger charge is -2.22. The molecule has 0 atom stereocenters. The van der Waals surface area contributed by atoms with Gasteiger partial charge in [0, 0.05) is 30.2 Å². The van der Waals surface area contributed by atoms with Crippen molar-refractivity contribution in [1.29, 1.82) is 0 Å². The van der Waals surface area contributed by atoms with Gasteiger partial charge in [0.05, 0.1) is 5.69 Å². The molecule has 5 N–H and O–H groups in total. The van der Waals surface area contributed by atoms with Crippen molar-refractivity contribution in [2.24, 2.45) is 16.1 Å². The number of rotatable bonds is 6. The van der Waals surface area contributed by atoms with Crippen LogP contribution in [0, 0.1) is 5.41 Å². The van der Waals surface area contributed by atoms with E-state index in [1.54, 1.807) is 18.2 Å². The van der Waals surface area contributed by atoms with Gasteiger partial charge in [-0.05, 0) is 49.1 Å². The summed E-state index contributed by atoms with van der Waals surface area (Å²) in [6.45, 7) is 12.3. The summed E-state index contributed by atoms with van der Waals surface area (Å²) in [7, 11) is 0. The van der Waals surface area contributed by atoms with E-state index in [0.29, 0.717) is 23.7 Å². The molecule has 0 aliphatic carbocycles. The number of benzene rings is 1. The normalized spacial score (nSPS) is 14.2. The zero-order chi connectivity index (χ0) is 24.8. The van der Waals surface area contributed by atoms with Gasteiger partial charge in [-0.1, -0.05) is 34.6 Å². The molecule has 1 fully saturated rings. The third-order valence-electron chi connectivity index (χ3n) is 5.29. The number of hydrogen-bond acceptors (Lipinski definition) is 7. The quantitative estimate of drug-likeness (QED) is 0.246. The summed E-state index contributed by atoms with van der Waals surface area (Å²) in [5.41, 5.74) is 13.0. The van der Waals surface area contributed by atoms with Crippen LogP contribution in [0.5, 0.6) is 5.75 Å².